The van der Waals surface area contributed by atoms with E-state index in [0.29, 0.717) is 6.61 Å². The van der Waals surface area contributed by atoms with Gasteiger partial charge in [-0.1, -0.05) is 46.3 Å². The third-order valence-corrected chi connectivity index (χ3v) is 3.36. The van der Waals surface area contributed by atoms with Crippen molar-refractivity contribution in [2.24, 2.45) is 0 Å². The number of alkyl halides is 1. The molecule has 0 amide bonds. The fourth-order valence-electron chi connectivity index (χ4n) is 1.97. The first-order valence-corrected chi connectivity index (χ1v) is 7.59. The van der Waals surface area contributed by atoms with Crippen molar-refractivity contribution in [3.63, 3.8) is 0 Å². The standard InChI is InChI=1S/C16H14BrNO2/c17-9-8-16-18-14-7-6-13(10-15(14)20-16)19-11-12-4-2-1-3-5-12/h1-7,10H,8-9,11H2. The molecule has 0 bridgehead atoms. The molecule has 1 aromatic heterocycles. The maximum absolute atomic E-state index is 5.77. The Morgan fingerprint density at radius 1 is 1.10 bits per heavy atom. The Morgan fingerprint density at radius 2 is 1.95 bits per heavy atom. The van der Waals surface area contributed by atoms with Crippen LogP contribution in [0.4, 0.5) is 0 Å². The molecule has 0 fully saturated rings. The number of nitrogens with zero attached hydrogens (tertiary/aromatic N) is 1. The van der Waals surface area contributed by atoms with Crippen LogP contribution in [-0.2, 0) is 13.0 Å². The van der Waals surface area contributed by atoms with Crippen molar-refractivity contribution in [2.45, 2.75) is 13.0 Å². The summed E-state index contributed by atoms with van der Waals surface area (Å²) in [5.41, 5.74) is 2.78. The van der Waals surface area contributed by atoms with Gasteiger partial charge in [-0.25, -0.2) is 4.98 Å². The van der Waals surface area contributed by atoms with E-state index in [1.165, 1.54) is 0 Å². The zero-order valence-corrected chi connectivity index (χ0v) is 12.5. The van der Waals surface area contributed by atoms with Crippen LogP contribution in [0.15, 0.2) is 52.9 Å². The minimum atomic E-state index is 0.550. The summed E-state index contributed by atoms with van der Waals surface area (Å²) in [6, 6.07) is 15.8. The highest BCUT2D eigenvalue weighted by Gasteiger charge is 2.06. The molecule has 0 spiro atoms. The highest BCUT2D eigenvalue weighted by molar-refractivity contribution is 9.09. The fourth-order valence-corrected chi connectivity index (χ4v) is 2.31. The number of aryl methyl sites for hydroxylation is 1. The number of rotatable bonds is 5. The summed E-state index contributed by atoms with van der Waals surface area (Å²) in [5.74, 6) is 1.54. The Labute approximate surface area is 125 Å². The molecule has 0 aliphatic carbocycles. The number of hydrogen-bond acceptors (Lipinski definition) is 3. The van der Waals surface area contributed by atoms with Crippen LogP contribution < -0.4 is 4.74 Å². The molecule has 0 radical (unpaired) electrons. The Balaban J connectivity index is 1.75. The van der Waals surface area contributed by atoms with E-state index in [9.17, 15) is 0 Å². The van der Waals surface area contributed by atoms with Crippen LogP contribution in [0, 0.1) is 0 Å². The second-order valence-electron chi connectivity index (χ2n) is 4.45. The van der Waals surface area contributed by atoms with Gasteiger partial charge in [-0.15, -0.1) is 0 Å². The molecule has 0 saturated heterocycles. The SMILES string of the molecule is BrCCc1nc2ccc(OCc3ccccc3)cc2o1. The van der Waals surface area contributed by atoms with Crippen molar-refractivity contribution in [3.8, 4) is 5.75 Å². The van der Waals surface area contributed by atoms with Crippen LogP contribution in [0.5, 0.6) is 5.75 Å². The van der Waals surface area contributed by atoms with Crippen LogP contribution >= 0.6 is 15.9 Å². The Kier molecular flexibility index (Phi) is 4.02. The van der Waals surface area contributed by atoms with Gasteiger partial charge >= 0.3 is 0 Å². The van der Waals surface area contributed by atoms with Crippen LogP contribution in [-0.4, -0.2) is 10.3 Å². The third-order valence-electron chi connectivity index (χ3n) is 2.96. The van der Waals surface area contributed by atoms with Crippen LogP contribution in [0.25, 0.3) is 11.1 Å². The lowest BCUT2D eigenvalue weighted by Gasteiger charge is -2.05. The normalized spacial score (nSPS) is 10.8. The lowest BCUT2D eigenvalue weighted by Crippen LogP contribution is -1.94. The molecule has 0 aliphatic rings. The Bertz CT molecular complexity index is 694. The molecule has 1 heterocycles. The van der Waals surface area contributed by atoms with E-state index in [-0.39, 0.29) is 0 Å². The van der Waals surface area contributed by atoms with Gasteiger partial charge in [0.15, 0.2) is 11.5 Å². The minimum absolute atomic E-state index is 0.550. The van der Waals surface area contributed by atoms with Gasteiger partial charge in [0.1, 0.15) is 17.9 Å². The van der Waals surface area contributed by atoms with E-state index in [1.54, 1.807) is 0 Å². The quantitative estimate of drug-likeness (QED) is 0.652. The number of halogens is 1. The first-order chi connectivity index (χ1) is 9.85. The van der Waals surface area contributed by atoms with E-state index in [0.717, 1.165) is 40.1 Å². The number of aromatic nitrogens is 1. The Hall–Kier alpha value is -1.81. The lowest BCUT2D eigenvalue weighted by atomic mass is 10.2. The van der Waals surface area contributed by atoms with Crippen LogP contribution in [0.1, 0.15) is 11.5 Å². The van der Waals surface area contributed by atoms with Crippen molar-refractivity contribution in [2.75, 3.05) is 5.33 Å². The highest BCUT2D eigenvalue weighted by Crippen LogP contribution is 2.22. The van der Waals surface area contributed by atoms with Crippen molar-refractivity contribution in [3.05, 3.63) is 60.0 Å². The van der Waals surface area contributed by atoms with Gasteiger partial charge < -0.3 is 9.15 Å². The van der Waals surface area contributed by atoms with E-state index in [2.05, 4.69) is 20.9 Å². The summed E-state index contributed by atoms with van der Waals surface area (Å²) in [4.78, 5) is 4.41. The van der Waals surface area contributed by atoms with Crippen LogP contribution in [0.2, 0.25) is 0 Å². The van der Waals surface area contributed by atoms with Gasteiger partial charge in [-0.05, 0) is 17.7 Å². The molecule has 102 valence electrons. The molecular formula is C16H14BrNO2. The third kappa shape index (κ3) is 3.02. The lowest BCUT2D eigenvalue weighted by molar-refractivity contribution is 0.306. The fraction of sp³-hybridized carbons (Fsp3) is 0.188. The van der Waals surface area contributed by atoms with Crippen molar-refractivity contribution < 1.29 is 9.15 Å². The minimum Gasteiger partial charge on any atom is -0.489 e. The summed E-state index contributed by atoms with van der Waals surface area (Å²) in [5, 5.41) is 0.844. The summed E-state index contributed by atoms with van der Waals surface area (Å²) >= 11 is 3.38. The predicted octanol–water partition coefficient (Wildman–Crippen LogP) is 4.34. The van der Waals surface area contributed by atoms with Crippen molar-refractivity contribution >= 4 is 27.0 Å². The average molecular weight is 332 g/mol. The summed E-state index contributed by atoms with van der Waals surface area (Å²) in [7, 11) is 0. The second kappa shape index (κ2) is 6.09. The largest absolute Gasteiger partial charge is 0.489 e. The number of hydrogen-bond donors (Lipinski definition) is 0. The zero-order chi connectivity index (χ0) is 13.8. The molecule has 2 aromatic carbocycles. The summed E-state index contributed by atoms with van der Waals surface area (Å²) < 4.78 is 11.5. The van der Waals surface area contributed by atoms with Gasteiger partial charge in [0.05, 0.1) is 0 Å². The topological polar surface area (TPSA) is 35.3 Å². The van der Waals surface area contributed by atoms with Crippen LogP contribution in [0.3, 0.4) is 0 Å². The Morgan fingerprint density at radius 3 is 2.75 bits per heavy atom. The van der Waals surface area contributed by atoms with E-state index in [1.807, 2.05) is 48.5 Å². The van der Waals surface area contributed by atoms with Gasteiger partial charge in [-0.3, -0.25) is 0 Å². The highest BCUT2D eigenvalue weighted by atomic mass is 79.9. The molecule has 0 aliphatic heterocycles. The van der Waals surface area contributed by atoms with Gasteiger partial charge in [0.25, 0.3) is 0 Å². The van der Waals surface area contributed by atoms with E-state index >= 15 is 0 Å². The van der Waals surface area contributed by atoms with Crippen molar-refractivity contribution in [1.82, 2.24) is 4.98 Å². The first kappa shape index (κ1) is 13.2. The maximum atomic E-state index is 5.77. The average Bonchev–Trinajstić information content (AvgIpc) is 2.88. The smallest absolute Gasteiger partial charge is 0.196 e. The van der Waals surface area contributed by atoms with Gasteiger partial charge in [0.2, 0.25) is 0 Å². The number of fused-ring (bicyclic) bond motifs is 1. The second-order valence-corrected chi connectivity index (χ2v) is 5.24. The molecule has 3 nitrogen and oxygen atoms in total. The maximum Gasteiger partial charge on any atom is 0.196 e. The molecule has 4 heteroatoms. The van der Waals surface area contributed by atoms with Gasteiger partial charge in [0, 0.05) is 17.8 Å². The molecule has 0 unspecified atom stereocenters. The molecule has 0 saturated carbocycles. The zero-order valence-electron chi connectivity index (χ0n) is 10.9. The predicted molar refractivity (Wildman–Crippen MR) is 82.3 cm³/mol. The first-order valence-electron chi connectivity index (χ1n) is 6.47. The monoisotopic (exact) mass is 331 g/mol. The van der Waals surface area contributed by atoms with E-state index < -0.39 is 0 Å². The molecule has 20 heavy (non-hydrogen) atoms. The van der Waals surface area contributed by atoms with Gasteiger partial charge in [-0.2, -0.15) is 0 Å². The molecule has 3 aromatic rings. The molecular weight excluding hydrogens is 318 g/mol. The van der Waals surface area contributed by atoms with E-state index in [4.69, 9.17) is 9.15 Å². The molecule has 3 rings (SSSR count). The summed E-state index contributed by atoms with van der Waals surface area (Å²) in [6.45, 7) is 0.550. The number of ether oxygens (including phenoxy) is 1. The van der Waals surface area contributed by atoms with Crippen molar-refractivity contribution in [1.29, 1.82) is 0 Å². The number of benzene rings is 2. The number of oxazole rings is 1. The summed E-state index contributed by atoms with van der Waals surface area (Å²) in [6.07, 6.45) is 0.787. The molecule has 0 atom stereocenters. The molecule has 0 N–H and O–H groups in total.